The minimum Gasteiger partial charge on any atom is -0.0654 e. The van der Waals surface area contributed by atoms with Gasteiger partial charge in [-0.15, -0.1) is 0 Å². The lowest BCUT2D eigenvalue weighted by Crippen LogP contribution is -2.17. The highest BCUT2D eigenvalue weighted by Crippen LogP contribution is 2.23. The molecule has 13 heavy (non-hydrogen) atoms. The molecule has 1 heteroatoms. The van der Waals surface area contributed by atoms with Gasteiger partial charge < -0.3 is 0 Å². The summed E-state index contributed by atoms with van der Waals surface area (Å²) in [6, 6.07) is 3.21. The highest BCUT2D eigenvalue weighted by Gasteiger charge is 2.15. The van der Waals surface area contributed by atoms with Crippen LogP contribution >= 0.6 is 0 Å². The highest BCUT2D eigenvalue weighted by atomic mass is 28.3. The SMILES string of the molecule is CCCC[SiH](CCCC)C(C)CC. The normalized spacial score (nSPS) is 13.6. The molecule has 1 unspecified atom stereocenters. The van der Waals surface area contributed by atoms with Gasteiger partial charge in [0.1, 0.15) is 0 Å². The summed E-state index contributed by atoms with van der Waals surface area (Å²) in [5.41, 5.74) is 1.08. The maximum absolute atomic E-state index is 2.49. The fourth-order valence-corrected chi connectivity index (χ4v) is 5.94. The van der Waals surface area contributed by atoms with E-state index < -0.39 is 0 Å². The van der Waals surface area contributed by atoms with E-state index in [1.807, 2.05) is 0 Å². The molecular weight excluding hydrogens is 172 g/mol. The average molecular weight is 200 g/mol. The van der Waals surface area contributed by atoms with Crippen molar-refractivity contribution in [1.29, 1.82) is 0 Å². The van der Waals surface area contributed by atoms with Gasteiger partial charge in [-0.1, -0.05) is 77.4 Å². The average Bonchev–Trinajstić information content (AvgIpc) is 2.17. The lowest BCUT2D eigenvalue weighted by molar-refractivity contribution is 0.783. The molecule has 0 rings (SSSR count). The van der Waals surface area contributed by atoms with E-state index in [2.05, 4.69) is 27.7 Å². The Balaban J connectivity index is 3.72. The molecule has 0 amide bonds. The smallest absolute Gasteiger partial charge is 0.0396 e. The van der Waals surface area contributed by atoms with Gasteiger partial charge in [0.05, 0.1) is 0 Å². The first kappa shape index (κ1) is 13.2. The molecule has 0 bridgehead atoms. The van der Waals surface area contributed by atoms with Crippen molar-refractivity contribution in [3.63, 3.8) is 0 Å². The summed E-state index contributed by atoms with van der Waals surface area (Å²) >= 11 is 0. The Morgan fingerprint density at radius 2 is 1.38 bits per heavy atom. The van der Waals surface area contributed by atoms with Crippen molar-refractivity contribution in [2.75, 3.05) is 0 Å². The number of unbranched alkanes of at least 4 members (excludes halogenated alkanes) is 2. The first-order chi connectivity index (χ1) is 6.26. The molecule has 0 aliphatic rings. The summed E-state index contributed by atoms with van der Waals surface area (Å²) in [6.45, 7) is 9.49. The summed E-state index contributed by atoms with van der Waals surface area (Å²) in [4.78, 5) is 0. The number of hydrogen-bond acceptors (Lipinski definition) is 0. The standard InChI is InChI=1S/C12H28Si/c1-5-8-10-13(11-9-6-2)12(4)7-3/h12-13H,5-11H2,1-4H3. The lowest BCUT2D eigenvalue weighted by atomic mass is 10.4. The van der Waals surface area contributed by atoms with E-state index in [0.29, 0.717) is 0 Å². The molecule has 0 spiro atoms. The third-order valence-corrected chi connectivity index (χ3v) is 7.69. The zero-order chi connectivity index (χ0) is 10.1. The zero-order valence-electron chi connectivity index (χ0n) is 10.1. The van der Waals surface area contributed by atoms with Crippen LogP contribution in [0.2, 0.25) is 17.6 Å². The van der Waals surface area contributed by atoms with Crippen LogP contribution in [0.1, 0.15) is 59.8 Å². The second-order valence-corrected chi connectivity index (χ2v) is 8.24. The minimum absolute atomic E-state index is 0.363. The Hall–Kier alpha value is 0.217. The van der Waals surface area contributed by atoms with E-state index in [1.54, 1.807) is 12.1 Å². The van der Waals surface area contributed by atoms with Gasteiger partial charge in [0.25, 0.3) is 0 Å². The van der Waals surface area contributed by atoms with Gasteiger partial charge in [-0.2, -0.15) is 0 Å². The Bertz CT molecular complexity index is 93.3. The van der Waals surface area contributed by atoms with Gasteiger partial charge in [0, 0.05) is 8.80 Å². The zero-order valence-corrected chi connectivity index (χ0v) is 11.3. The van der Waals surface area contributed by atoms with E-state index in [9.17, 15) is 0 Å². The molecule has 0 aliphatic heterocycles. The van der Waals surface area contributed by atoms with Crippen molar-refractivity contribution in [2.45, 2.75) is 77.4 Å². The first-order valence-electron chi connectivity index (χ1n) is 6.26. The van der Waals surface area contributed by atoms with Crippen molar-refractivity contribution < 1.29 is 0 Å². The molecule has 0 fully saturated rings. The molecule has 0 radical (unpaired) electrons. The van der Waals surface area contributed by atoms with E-state index >= 15 is 0 Å². The molecule has 0 aromatic heterocycles. The fraction of sp³-hybridized carbons (Fsp3) is 1.00. The number of hydrogen-bond donors (Lipinski definition) is 0. The molecular formula is C12H28Si. The third kappa shape index (κ3) is 6.31. The van der Waals surface area contributed by atoms with Crippen molar-refractivity contribution in [2.24, 2.45) is 0 Å². The molecule has 0 saturated carbocycles. The second-order valence-electron chi connectivity index (χ2n) is 4.43. The predicted molar refractivity (Wildman–Crippen MR) is 66.3 cm³/mol. The van der Waals surface area contributed by atoms with Crippen molar-refractivity contribution in [1.82, 2.24) is 0 Å². The van der Waals surface area contributed by atoms with Crippen LogP contribution in [0.4, 0.5) is 0 Å². The molecule has 0 aromatic carbocycles. The molecule has 0 saturated heterocycles. The number of rotatable bonds is 8. The Kier molecular flexibility index (Phi) is 8.95. The summed E-state index contributed by atoms with van der Waals surface area (Å²) in [6.07, 6.45) is 7.19. The molecule has 80 valence electrons. The van der Waals surface area contributed by atoms with Crippen LogP contribution < -0.4 is 0 Å². The van der Waals surface area contributed by atoms with Gasteiger partial charge in [0.2, 0.25) is 0 Å². The van der Waals surface area contributed by atoms with Crippen molar-refractivity contribution in [3.05, 3.63) is 0 Å². The minimum atomic E-state index is -0.363. The second kappa shape index (κ2) is 8.80. The summed E-state index contributed by atoms with van der Waals surface area (Å²) in [7, 11) is -0.363. The molecule has 0 aromatic rings. The Morgan fingerprint density at radius 3 is 1.69 bits per heavy atom. The monoisotopic (exact) mass is 200 g/mol. The van der Waals surface area contributed by atoms with Crippen LogP contribution in [0.3, 0.4) is 0 Å². The molecule has 0 N–H and O–H groups in total. The van der Waals surface area contributed by atoms with Gasteiger partial charge in [-0.05, 0) is 0 Å². The maximum atomic E-state index is 2.49. The Morgan fingerprint density at radius 1 is 0.923 bits per heavy atom. The molecule has 0 aliphatic carbocycles. The quantitative estimate of drug-likeness (QED) is 0.502. The van der Waals surface area contributed by atoms with Crippen LogP contribution in [0, 0.1) is 0 Å². The summed E-state index contributed by atoms with van der Waals surface area (Å²) < 4.78 is 0. The molecule has 0 heterocycles. The van der Waals surface area contributed by atoms with E-state index in [0.717, 1.165) is 5.54 Å². The van der Waals surface area contributed by atoms with Crippen LogP contribution in [0.5, 0.6) is 0 Å². The van der Waals surface area contributed by atoms with Gasteiger partial charge in [-0.25, -0.2) is 0 Å². The van der Waals surface area contributed by atoms with Crippen LogP contribution in [-0.4, -0.2) is 8.80 Å². The third-order valence-electron chi connectivity index (χ3n) is 3.31. The lowest BCUT2D eigenvalue weighted by Gasteiger charge is -2.20. The van der Waals surface area contributed by atoms with Gasteiger partial charge >= 0.3 is 0 Å². The first-order valence-corrected chi connectivity index (χ1v) is 8.56. The van der Waals surface area contributed by atoms with Gasteiger partial charge in [0.15, 0.2) is 0 Å². The van der Waals surface area contributed by atoms with Crippen molar-refractivity contribution >= 4 is 8.80 Å². The van der Waals surface area contributed by atoms with Crippen molar-refractivity contribution in [3.8, 4) is 0 Å². The van der Waals surface area contributed by atoms with Crippen LogP contribution in [0.25, 0.3) is 0 Å². The fourth-order valence-electron chi connectivity index (χ4n) is 1.98. The topological polar surface area (TPSA) is 0 Å². The largest absolute Gasteiger partial charge is 0.0654 e. The van der Waals surface area contributed by atoms with Gasteiger partial charge in [-0.3, -0.25) is 0 Å². The van der Waals surface area contributed by atoms with Crippen LogP contribution in [0.15, 0.2) is 0 Å². The van der Waals surface area contributed by atoms with E-state index in [4.69, 9.17) is 0 Å². The highest BCUT2D eigenvalue weighted by molar-refractivity contribution is 6.60. The molecule has 1 atom stereocenters. The van der Waals surface area contributed by atoms with Crippen LogP contribution in [-0.2, 0) is 0 Å². The maximum Gasteiger partial charge on any atom is 0.0396 e. The Labute approximate surface area is 86.7 Å². The van der Waals surface area contributed by atoms with E-state index in [-0.39, 0.29) is 8.80 Å². The van der Waals surface area contributed by atoms with E-state index in [1.165, 1.54) is 32.1 Å². The summed E-state index contributed by atoms with van der Waals surface area (Å²) in [5.74, 6) is 0. The predicted octanol–water partition coefficient (Wildman–Crippen LogP) is 4.61. The summed E-state index contributed by atoms with van der Waals surface area (Å²) in [5, 5.41) is 0. The molecule has 0 nitrogen and oxygen atoms in total.